The molecular formula is C20H25N3O4. The normalized spacial score (nSPS) is 14.6. The van der Waals surface area contributed by atoms with Crippen LogP contribution in [0.25, 0.3) is 11.3 Å². The molecule has 3 rings (SSSR count). The second-order valence-electron chi connectivity index (χ2n) is 7.77. The molecule has 0 aliphatic carbocycles. The first-order valence-corrected chi connectivity index (χ1v) is 8.90. The van der Waals surface area contributed by atoms with E-state index in [1.807, 2.05) is 52.0 Å². The second kappa shape index (κ2) is 7.06. The summed E-state index contributed by atoms with van der Waals surface area (Å²) in [5.74, 6) is -0.430. The van der Waals surface area contributed by atoms with E-state index in [4.69, 9.17) is 9.47 Å². The monoisotopic (exact) mass is 371 g/mol. The van der Waals surface area contributed by atoms with E-state index in [1.165, 1.54) is 7.11 Å². The maximum Gasteiger partial charge on any atom is 0.410 e. The average molecular weight is 371 g/mol. The minimum atomic E-state index is -0.523. The van der Waals surface area contributed by atoms with Crippen LogP contribution in [0, 0.1) is 6.92 Å². The minimum absolute atomic E-state index is 0.000114. The molecule has 1 aromatic heterocycles. The average Bonchev–Trinajstić information content (AvgIpc) is 2.96. The van der Waals surface area contributed by atoms with Crippen molar-refractivity contribution in [3.63, 3.8) is 0 Å². The number of carbonyl (C=O) groups excluding carboxylic acids is 2. The van der Waals surface area contributed by atoms with Gasteiger partial charge in [-0.05, 0) is 27.7 Å². The van der Waals surface area contributed by atoms with Gasteiger partial charge < -0.3 is 14.4 Å². The first kappa shape index (κ1) is 18.9. The first-order valence-electron chi connectivity index (χ1n) is 8.90. The highest BCUT2D eigenvalue weighted by atomic mass is 16.6. The number of carbonyl (C=O) groups is 2. The van der Waals surface area contributed by atoms with E-state index in [0.717, 1.165) is 11.1 Å². The molecule has 1 aliphatic rings. The van der Waals surface area contributed by atoms with Crippen molar-refractivity contribution in [2.45, 2.75) is 39.3 Å². The van der Waals surface area contributed by atoms with Crippen LogP contribution < -0.4 is 0 Å². The number of rotatable bonds is 3. The van der Waals surface area contributed by atoms with Gasteiger partial charge in [0.2, 0.25) is 0 Å². The van der Waals surface area contributed by atoms with Crippen LogP contribution in [0.1, 0.15) is 42.7 Å². The molecule has 0 unspecified atom stereocenters. The third kappa shape index (κ3) is 4.13. The first-order chi connectivity index (χ1) is 12.7. The van der Waals surface area contributed by atoms with Gasteiger partial charge in [0.15, 0.2) is 0 Å². The molecule has 0 bridgehead atoms. The summed E-state index contributed by atoms with van der Waals surface area (Å²) in [4.78, 5) is 25.9. The second-order valence-corrected chi connectivity index (χ2v) is 7.77. The largest absolute Gasteiger partial charge is 0.465 e. The molecule has 2 aromatic rings. The predicted molar refractivity (Wildman–Crippen MR) is 101 cm³/mol. The molecule has 7 heteroatoms. The van der Waals surface area contributed by atoms with E-state index >= 15 is 0 Å². The molecule has 0 N–H and O–H groups in total. The number of aromatic nitrogens is 2. The Labute approximate surface area is 158 Å². The van der Waals surface area contributed by atoms with Crippen molar-refractivity contribution in [1.82, 2.24) is 14.7 Å². The van der Waals surface area contributed by atoms with Crippen molar-refractivity contribution in [3.05, 3.63) is 41.6 Å². The fraction of sp³-hybridized carbons (Fsp3) is 0.450. The van der Waals surface area contributed by atoms with Crippen LogP contribution in [0.3, 0.4) is 0 Å². The Bertz CT molecular complexity index is 843. The smallest absolute Gasteiger partial charge is 0.410 e. The van der Waals surface area contributed by atoms with Crippen LogP contribution in [0.5, 0.6) is 0 Å². The van der Waals surface area contributed by atoms with E-state index in [-0.39, 0.29) is 12.1 Å². The summed E-state index contributed by atoms with van der Waals surface area (Å²) in [6, 6.07) is 7.82. The summed E-state index contributed by atoms with van der Waals surface area (Å²) in [7, 11) is 1.35. The number of ether oxygens (including phenoxy) is 2. The Morgan fingerprint density at radius 1 is 1.15 bits per heavy atom. The van der Waals surface area contributed by atoms with Crippen LogP contribution in [0.4, 0.5) is 4.79 Å². The molecule has 144 valence electrons. The highest BCUT2D eigenvalue weighted by molar-refractivity contribution is 5.95. The van der Waals surface area contributed by atoms with Crippen molar-refractivity contribution in [3.8, 4) is 11.3 Å². The third-order valence-electron chi connectivity index (χ3n) is 4.35. The molecule has 2 heterocycles. The molecular weight excluding hydrogens is 346 g/mol. The Morgan fingerprint density at radius 2 is 1.78 bits per heavy atom. The zero-order valence-corrected chi connectivity index (χ0v) is 16.4. The SMILES string of the molecule is COC(=O)c1cn(C2CN(C(=O)OC(C)(C)C)C2)nc1-c1ccc(C)cc1. The lowest BCUT2D eigenvalue weighted by Gasteiger charge is -2.39. The molecule has 1 fully saturated rings. The Morgan fingerprint density at radius 3 is 2.33 bits per heavy atom. The number of likely N-dealkylation sites (tertiary alicyclic amines) is 1. The third-order valence-corrected chi connectivity index (χ3v) is 4.35. The summed E-state index contributed by atoms with van der Waals surface area (Å²) in [5.41, 5.74) is 2.45. The molecule has 7 nitrogen and oxygen atoms in total. The van der Waals surface area contributed by atoms with Crippen molar-refractivity contribution < 1.29 is 19.1 Å². The lowest BCUT2D eigenvalue weighted by atomic mass is 10.1. The summed E-state index contributed by atoms with van der Waals surface area (Å²) in [5, 5.41) is 4.61. The van der Waals surface area contributed by atoms with Gasteiger partial charge in [0, 0.05) is 24.8 Å². The van der Waals surface area contributed by atoms with Gasteiger partial charge in [0.05, 0.1) is 13.2 Å². The van der Waals surface area contributed by atoms with Crippen molar-refractivity contribution in [2.24, 2.45) is 0 Å². The van der Waals surface area contributed by atoms with E-state index < -0.39 is 11.6 Å². The Hall–Kier alpha value is -2.83. The number of hydrogen-bond donors (Lipinski definition) is 0. The van der Waals surface area contributed by atoms with Gasteiger partial charge in [-0.3, -0.25) is 4.68 Å². The fourth-order valence-corrected chi connectivity index (χ4v) is 2.86. The molecule has 1 amide bonds. The van der Waals surface area contributed by atoms with Gasteiger partial charge in [-0.15, -0.1) is 0 Å². The molecule has 0 saturated carbocycles. The van der Waals surface area contributed by atoms with Gasteiger partial charge in [-0.1, -0.05) is 29.8 Å². The molecule has 0 atom stereocenters. The molecule has 0 spiro atoms. The van der Waals surface area contributed by atoms with E-state index in [1.54, 1.807) is 15.8 Å². The maximum absolute atomic E-state index is 12.2. The summed E-state index contributed by atoms with van der Waals surface area (Å²) >= 11 is 0. The predicted octanol–water partition coefficient (Wildman–Crippen LogP) is 3.44. The number of esters is 1. The molecule has 1 aliphatic heterocycles. The highest BCUT2D eigenvalue weighted by Gasteiger charge is 2.36. The summed E-state index contributed by atoms with van der Waals surface area (Å²) in [6.45, 7) is 8.50. The molecule has 0 radical (unpaired) electrons. The number of nitrogens with zero attached hydrogens (tertiary/aromatic N) is 3. The van der Waals surface area contributed by atoms with Gasteiger partial charge in [-0.2, -0.15) is 5.10 Å². The van der Waals surface area contributed by atoms with Gasteiger partial charge in [0.1, 0.15) is 16.9 Å². The Kier molecular flexibility index (Phi) is 4.95. The summed E-state index contributed by atoms with van der Waals surface area (Å²) < 4.78 is 12.0. The number of amides is 1. The molecule has 1 saturated heterocycles. The van der Waals surface area contributed by atoms with Gasteiger partial charge >= 0.3 is 12.1 Å². The van der Waals surface area contributed by atoms with Crippen molar-refractivity contribution >= 4 is 12.1 Å². The number of benzene rings is 1. The van der Waals surface area contributed by atoms with Crippen LogP contribution in [0.2, 0.25) is 0 Å². The van der Waals surface area contributed by atoms with E-state index in [9.17, 15) is 9.59 Å². The zero-order chi connectivity index (χ0) is 19.8. The van der Waals surface area contributed by atoms with Gasteiger partial charge in [-0.25, -0.2) is 9.59 Å². The van der Waals surface area contributed by atoms with E-state index in [2.05, 4.69) is 5.10 Å². The fourth-order valence-electron chi connectivity index (χ4n) is 2.86. The maximum atomic E-state index is 12.2. The number of hydrogen-bond acceptors (Lipinski definition) is 5. The lowest BCUT2D eigenvalue weighted by molar-refractivity contribution is -0.000414. The quantitative estimate of drug-likeness (QED) is 0.773. The van der Waals surface area contributed by atoms with Crippen molar-refractivity contribution in [2.75, 3.05) is 20.2 Å². The minimum Gasteiger partial charge on any atom is -0.465 e. The Balaban J connectivity index is 1.79. The zero-order valence-electron chi connectivity index (χ0n) is 16.4. The number of aryl methyl sites for hydroxylation is 1. The van der Waals surface area contributed by atoms with Crippen LogP contribution >= 0.6 is 0 Å². The topological polar surface area (TPSA) is 73.7 Å². The van der Waals surface area contributed by atoms with E-state index in [0.29, 0.717) is 24.3 Å². The van der Waals surface area contributed by atoms with Crippen LogP contribution in [-0.2, 0) is 9.47 Å². The lowest BCUT2D eigenvalue weighted by Crippen LogP contribution is -2.52. The highest BCUT2D eigenvalue weighted by Crippen LogP contribution is 2.28. The molecule has 1 aromatic carbocycles. The standard InChI is InChI=1S/C20H25N3O4/c1-13-6-8-14(9-7-13)17-16(18(24)26-5)12-23(21-17)15-10-22(11-15)19(25)27-20(2,3)4/h6-9,12,15H,10-11H2,1-5H3. The van der Waals surface area contributed by atoms with Crippen molar-refractivity contribution in [1.29, 1.82) is 0 Å². The van der Waals surface area contributed by atoms with Crippen LogP contribution in [-0.4, -0.2) is 52.5 Å². The number of methoxy groups -OCH3 is 1. The van der Waals surface area contributed by atoms with Crippen LogP contribution in [0.15, 0.2) is 30.5 Å². The summed E-state index contributed by atoms with van der Waals surface area (Å²) in [6.07, 6.45) is 1.36. The van der Waals surface area contributed by atoms with Gasteiger partial charge in [0.25, 0.3) is 0 Å². The molecule has 27 heavy (non-hydrogen) atoms.